The molecule has 0 bridgehead atoms. The summed E-state index contributed by atoms with van der Waals surface area (Å²) < 4.78 is 11.1. The SMILES string of the molecule is CN=C(NCCCOCC1CCCO1)NCC(=O)NCCc1ccccc1. The molecule has 0 aliphatic carbocycles. The van der Waals surface area contributed by atoms with Crippen molar-refractivity contribution in [3.8, 4) is 0 Å². The maximum absolute atomic E-state index is 11.9. The van der Waals surface area contributed by atoms with E-state index in [0.29, 0.717) is 25.7 Å². The number of aliphatic imine (C=N–C) groups is 1. The van der Waals surface area contributed by atoms with Gasteiger partial charge < -0.3 is 25.4 Å². The highest BCUT2D eigenvalue weighted by Gasteiger charge is 2.14. The van der Waals surface area contributed by atoms with Gasteiger partial charge in [0.05, 0.1) is 19.3 Å². The standard InChI is InChI=1S/C20H32N4O3/c1-21-20(23-11-6-13-26-16-18-9-5-14-27-18)24-15-19(25)22-12-10-17-7-3-2-4-8-17/h2-4,7-8,18H,5-6,9-16H2,1H3,(H,22,25)(H2,21,23,24). The normalized spacial score (nSPS) is 16.9. The smallest absolute Gasteiger partial charge is 0.239 e. The highest BCUT2D eigenvalue weighted by Crippen LogP contribution is 2.11. The molecule has 1 amide bonds. The van der Waals surface area contributed by atoms with Gasteiger partial charge in [-0.15, -0.1) is 0 Å². The minimum absolute atomic E-state index is 0.0474. The first-order valence-corrected chi connectivity index (χ1v) is 9.72. The molecule has 7 heteroatoms. The first-order valence-electron chi connectivity index (χ1n) is 9.72. The fourth-order valence-electron chi connectivity index (χ4n) is 2.81. The molecule has 1 unspecified atom stereocenters. The van der Waals surface area contributed by atoms with Crippen LogP contribution in [0.2, 0.25) is 0 Å². The maximum atomic E-state index is 11.9. The van der Waals surface area contributed by atoms with Crippen molar-refractivity contribution in [2.24, 2.45) is 4.99 Å². The second-order valence-corrected chi connectivity index (χ2v) is 6.50. The monoisotopic (exact) mass is 376 g/mol. The van der Waals surface area contributed by atoms with Crippen LogP contribution in [0.4, 0.5) is 0 Å². The van der Waals surface area contributed by atoms with E-state index < -0.39 is 0 Å². The van der Waals surface area contributed by atoms with E-state index in [4.69, 9.17) is 9.47 Å². The number of benzene rings is 1. The predicted octanol–water partition coefficient (Wildman–Crippen LogP) is 1.10. The number of ether oxygens (including phenoxy) is 2. The molecular formula is C20H32N4O3. The zero-order valence-corrected chi connectivity index (χ0v) is 16.2. The third-order valence-electron chi connectivity index (χ3n) is 4.30. The Morgan fingerprint density at radius 3 is 2.81 bits per heavy atom. The van der Waals surface area contributed by atoms with Crippen LogP contribution < -0.4 is 16.0 Å². The summed E-state index contributed by atoms with van der Waals surface area (Å²) in [5.74, 6) is 0.570. The lowest BCUT2D eigenvalue weighted by molar-refractivity contribution is -0.119. The Labute approximate surface area is 161 Å². The Balaban J connectivity index is 1.47. The van der Waals surface area contributed by atoms with Gasteiger partial charge >= 0.3 is 0 Å². The van der Waals surface area contributed by atoms with Crippen LogP contribution in [0.3, 0.4) is 0 Å². The summed E-state index contributed by atoms with van der Waals surface area (Å²) in [4.78, 5) is 16.0. The van der Waals surface area contributed by atoms with Crippen molar-refractivity contribution in [3.63, 3.8) is 0 Å². The van der Waals surface area contributed by atoms with Gasteiger partial charge in [0.2, 0.25) is 5.91 Å². The van der Waals surface area contributed by atoms with Crippen molar-refractivity contribution in [3.05, 3.63) is 35.9 Å². The first kappa shape index (κ1) is 21.2. The second-order valence-electron chi connectivity index (χ2n) is 6.50. The molecule has 27 heavy (non-hydrogen) atoms. The topological polar surface area (TPSA) is 84.0 Å². The Morgan fingerprint density at radius 2 is 2.07 bits per heavy atom. The summed E-state index contributed by atoms with van der Waals surface area (Å²) in [6.07, 6.45) is 4.20. The third kappa shape index (κ3) is 9.40. The summed E-state index contributed by atoms with van der Waals surface area (Å²) in [6.45, 7) is 3.78. The van der Waals surface area contributed by atoms with Gasteiger partial charge in [0, 0.05) is 33.4 Å². The molecule has 7 nitrogen and oxygen atoms in total. The van der Waals surface area contributed by atoms with Crippen molar-refractivity contribution < 1.29 is 14.3 Å². The van der Waals surface area contributed by atoms with E-state index in [1.165, 1.54) is 5.56 Å². The quantitative estimate of drug-likeness (QED) is 0.306. The van der Waals surface area contributed by atoms with Gasteiger partial charge in [-0.05, 0) is 31.2 Å². The predicted molar refractivity (Wildman–Crippen MR) is 107 cm³/mol. The fourth-order valence-corrected chi connectivity index (χ4v) is 2.81. The second kappa shape index (κ2) is 13.1. The van der Waals surface area contributed by atoms with E-state index in [1.54, 1.807) is 7.05 Å². The number of nitrogens with zero attached hydrogens (tertiary/aromatic N) is 1. The summed E-state index contributed by atoms with van der Waals surface area (Å²) in [7, 11) is 1.69. The maximum Gasteiger partial charge on any atom is 0.239 e. The third-order valence-corrected chi connectivity index (χ3v) is 4.30. The largest absolute Gasteiger partial charge is 0.379 e. The van der Waals surface area contributed by atoms with E-state index in [0.717, 1.165) is 38.8 Å². The fraction of sp³-hybridized carbons (Fsp3) is 0.600. The molecule has 0 saturated carbocycles. The van der Waals surface area contributed by atoms with Gasteiger partial charge in [-0.1, -0.05) is 30.3 Å². The van der Waals surface area contributed by atoms with Crippen LogP contribution in [-0.4, -0.2) is 64.5 Å². The molecule has 2 rings (SSSR count). The molecule has 1 fully saturated rings. The highest BCUT2D eigenvalue weighted by molar-refractivity contribution is 5.86. The van der Waals surface area contributed by atoms with Crippen molar-refractivity contribution in [1.82, 2.24) is 16.0 Å². The summed E-state index contributed by atoms with van der Waals surface area (Å²) in [6, 6.07) is 10.1. The average Bonchev–Trinajstić information content (AvgIpc) is 3.21. The lowest BCUT2D eigenvalue weighted by Crippen LogP contribution is -2.43. The van der Waals surface area contributed by atoms with Crippen molar-refractivity contribution in [2.45, 2.75) is 31.8 Å². The number of carbonyl (C=O) groups is 1. The Bertz CT molecular complexity index is 560. The van der Waals surface area contributed by atoms with Gasteiger partial charge in [-0.25, -0.2) is 0 Å². The van der Waals surface area contributed by atoms with E-state index >= 15 is 0 Å². The molecule has 150 valence electrons. The van der Waals surface area contributed by atoms with E-state index in [2.05, 4.69) is 33.1 Å². The minimum atomic E-state index is -0.0474. The summed E-state index contributed by atoms with van der Waals surface area (Å²) in [5.41, 5.74) is 1.21. The molecule has 1 aliphatic heterocycles. The molecule has 1 aromatic carbocycles. The van der Waals surface area contributed by atoms with E-state index in [1.807, 2.05) is 18.2 Å². The first-order chi connectivity index (χ1) is 13.3. The van der Waals surface area contributed by atoms with Crippen LogP contribution in [-0.2, 0) is 20.7 Å². The summed E-state index contributed by atoms with van der Waals surface area (Å²) >= 11 is 0. The van der Waals surface area contributed by atoms with Gasteiger partial charge in [0.15, 0.2) is 5.96 Å². The van der Waals surface area contributed by atoms with E-state index in [-0.39, 0.29) is 18.6 Å². The number of nitrogens with one attached hydrogen (secondary N) is 3. The van der Waals surface area contributed by atoms with Crippen molar-refractivity contribution in [1.29, 1.82) is 0 Å². The van der Waals surface area contributed by atoms with Crippen LogP contribution in [0.15, 0.2) is 35.3 Å². The van der Waals surface area contributed by atoms with Crippen LogP contribution >= 0.6 is 0 Å². The van der Waals surface area contributed by atoms with Gasteiger partial charge in [0.1, 0.15) is 0 Å². The van der Waals surface area contributed by atoms with E-state index in [9.17, 15) is 4.79 Å². The minimum Gasteiger partial charge on any atom is -0.379 e. The number of hydrogen-bond donors (Lipinski definition) is 3. The van der Waals surface area contributed by atoms with Gasteiger partial charge in [-0.3, -0.25) is 9.79 Å². The number of guanidine groups is 1. The number of hydrogen-bond acceptors (Lipinski definition) is 4. The zero-order chi connectivity index (χ0) is 19.2. The number of rotatable bonds is 11. The van der Waals surface area contributed by atoms with Crippen molar-refractivity contribution in [2.75, 3.05) is 46.5 Å². The molecular weight excluding hydrogens is 344 g/mol. The molecule has 0 spiro atoms. The lowest BCUT2D eigenvalue weighted by Gasteiger charge is -2.13. The molecule has 1 aliphatic rings. The molecule has 1 atom stereocenters. The van der Waals surface area contributed by atoms with Crippen molar-refractivity contribution >= 4 is 11.9 Å². The molecule has 0 aromatic heterocycles. The molecule has 0 radical (unpaired) electrons. The van der Waals surface area contributed by atoms with Crippen LogP contribution in [0, 0.1) is 0 Å². The van der Waals surface area contributed by atoms with Crippen LogP contribution in [0.25, 0.3) is 0 Å². The van der Waals surface area contributed by atoms with Crippen LogP contribution in [0.1, 0.15) is 24.8 Å². The highest BCUT2D eigenvalue weighted by atomic mass is 16.5. The Kier molecular flexibility index (Phi) is 10.3. The van der Waals surface area contributed by atoms with Gasteiger partial charge in [0.25, 0.3) is 0 Å². The molecule has 1 saturated heterocycles. The Morgan fingerprint density at radius 1 is 1.22 bits per heavy atom. The summed E-state index contributed by atoms with van der Waals surface area (Å²) in [5, 5.41) is 9.11. The average molecular weight is 377 g/mol. The van der Waals surface area contributed by atoms with Crippen LogP contribution in [0.5, 0.6) is 0 Å². The lowest BCUT2D eigenvalue weighted by atomic mass is 10.1. The Hall–Kier alpha value is -2.12. The molecule has 3 N–H and O–H groups in total. The molecule has 1 aromatic rings. The zero-order valence-electron chi connectivity index (χ0n) is 16.2. The molecule has 1 heterocycles. The van der Waals surface area contributed by atoms with Gasteiger partial charge in [-0.2, -0.15) is 0 Å². The number of carbonyl (C=O) groups excluding carboxylic acids is 1. The number of amides is 1.